The lowest BCUT2D eigenvalue weighted by Crippen LogP contribution is -2.32. The minimum atomic E-state index is -3.46. The third-order valence-electron chi connectivity index (χ3n) is 3.28. The van der Waals surface area contributed by atoms with Crippen LogP contribution in [0.25, 0.3) is 0 Å². The van der Waals surface area contributed by atoms with Gasteiger partial charge in [0.2, 0.25) is 10.0 Å². The Kier molecular flexibility index (Phi) is 5.28. The molecule has 0 bridgehead atoms. The molecule has 1 saturated carbocycles. The van der Waals surface area contributed by atoms with Crippen LogP contribution in [0.2, 0.25) is 0 Å². The monoisotopic (exact) mass is 364 g/mol. The highest BCUT2D eigenvalue weighted by molar-refractivity contribution is 9.10. The second kappa shape index (κ2) is 6.60. The lowest BCUT2D eigenvalue weighted by Gasteiger charge is -2.18. The summed E-state index contributed by atoms with van der Waals surface area (Å²) >= 11 is 3.23. The van der Waals surface area contributed by atoms with E-state index in [1.165, 1.54) is 0 Å². The first-order chi connectivity index (χ1) is 9.50. The predicted molar refractivity (Wildman–Crippen MR) is 81.0 cm³/mol. The van der Waals surface area contributed by atoms with E-state index in [0.717, 1.165) is 25.8 Å². The Morgan fingerprint density at radius 1 is 1.45 bits per heavy atom. The van der Waals surface area contributed by atoms with Crippen LogP contribution in [0.3, 0.4) is 0 Å². The summed E-state index contributed by atoms with van der Waals surface area (Å²) in [5.74, 6) is 0.635. The largest absolute Gasteiger partial charge is 0.452 e. The second-order valence-corrected chi connectivity index (χ2v) is 7.55. The van der Waals surface area contributed by atoms with E-state index >= 15 is 0 Å². The fraction of sp³-hybridized carbons (Fsp3) is 0.692. The van der Waals surface area contributed by atoms with Gasteiger partial charge < -0.3 is 9.73 Å². The number of nitrogens with zero attached hydrogens (tertiary/aromatic N) is 1. The molecule has 1 aliphatic rings. The van der Waals surface area contributed by atoms with E-state index in [1.54, 1.807) is 10.4 Å². The zero-order chi connectivity index (χ0) is 14.8. The van der Waals surface area contributed by atoms with Crippen LogP contribution in [0.15, 0.2) is 20.0 Å². The molecule has 0 amide bonds. The van der Waals surface area contributed by atoms with Crippen LogP contribution in [0.4, 0.5) is 0 Å². The van der Waals surface area contributed by atoms with Gasteiger partial charge in [-0.1, -0.05) is 13.8 Å². The molecule has 0 aliphatic heterocycles. The molecular weight excluding hydrogens is 344 g/mol. The van der Waals surface area contributed by atoms with Crippen molar-refractivity contribution >= 4 is 26.0 Å². The van der Waals surface area contributed by atoms with Crippen LogP contribution < -0.4 is 5.32 Å². The van der Waals surface area contributed by atoms with Crippen molar-refractivity contribution in [2.24, 2.45) is 0 Å². The summed E-state index contributed by atoms with van der Waals surface area (Å²) in [6.07, 6.45) is 2.93. The maximum absolute atomic E-state index is 12.6. The van der Waals surface area contributed by atoms with Gasteiger partial charge in [0.15, 0.2) is 4.67 Å². The molecule has 7 heteroatoms. The van der Waals surface area contributed by atoms with Crippen molar-refractivity contribution in [1.82, 2.24) is 9.62 Å². The first kappa shape index (κ1) is 16.0. The third kappa shape index (κ3) is 3.44. The van der Waals surface area contributed by atoms with Crippen LogP contribution in [-0.2, 0) is 16.6 Å². The summed E-state index contributed by atoms with van der Waals surface area (Å²) in [6.45, 7) is 5.86. The van der Waals surface area contributed by atoms with Crippen LogP contribution in [-0.4, -0.2) is 31.9 Å². The molecule has 5 nitrogen and oxygen atoms in total. The number of halogens is 1. The Hall–Kier alpha value is -0.370. The molecule has 0 radical (unpaired) electrons. The van der Waals surface area contributed by atoms with Gasteiger partial charge in [-0.2, -0.15) is 4.31 Å². The normalized spacial score (nSPS) is 16.0. The number of hydrogen-bond donors (Lipinski definition) is 1. The molecule has 0 atom stereocenters. The summed E-state index contributed by atoms with van der Waals surface area (Å²) in [7, 11) is -3.46. The van der Waals surface area contributed by atoms with Gasteiger partial charge in [0.05, 0.1) is 6.54 Å². The number of nitrogens with one attached hydrogen (secondary N) is 1. The van der Waals surface area contributed by atoms with Gasteiger partial charge in [-0.15, -0.1) is 0 Å². The topological polar surface area (TPSA) is 62.6 Å². The van der Waals surface area contributed by atoms with Crippen LogP contribution in [0, 0.1) is 0 Å². The van der Waals surface area contributed by atoms with E-state index in [4.69, 9.17) is 4.42 Å². The predicted octanol–water partition coefficient (Wildman–Crippen LogP) is 2.71. The van der Waals surface area contributed by atoms with Crippen molar-refractivity contribution in [3.05, 3.63) is 16.5 Å². The van der Waals surface area contributed by atoms with Gasteiger partial charge in [0, 0.05) is 18.7 Å². The maximum atomic E-state index is 12.6. The van der Waals surface area contributed by atoms with Crippen molar-refractivity contribution in [2.75, 3.05) is 13.1 Å². The summed E-state index contributed by atoms with van der Waals surface area (Å²) < 4.78 is 32.6. The highest BCUT2D eigenvalue weighted by atomic mass is 79.9. The Morgan fingerprint density at radius 3 is 2.70 bits per heavy atom. The van der Waals surface area contributed by atoms with Crippen LogP contribution in [0.5, 0.6) is 0 Å². The maximum Gasteiger partial charge on any atom is 0.247 e. The number of sulfonamides is 1. The number of hydrogen-bond acceptors (Lipinski definition) is 4. The van der Waals surface area contributed by atoms with Crippen LogP contribution >= 0.6 is 15.9 Å². The minimum absolute atomic E-state index is 0.161. The van der Waals surface area contributed by atoms with Crippen molar-refractivity contribution in [1.29, 1.82) is 0 Å². The molecule has 1 aromatic heterocycles. The van der Waals surface area contributed by atoms with Gasteiger partial charge in [0.1, 0.15) is 10.7 Å². The Bertz CT molecular complexity index is 552. The van der Waals surface area contributed by atoms with E-state index in [0.29, 0.717) is 23.5 Å². The standard InChI is InChI=1S/C13H21BrN2O3S/c1-3-7-15-9-11-8-12(13(14)19-11)20(17,18)16(4-2)10-5-6-10/h8,10,15H,3-7,9H2,1-2H3. The molecule has 2 rings (SSSR count). The average Bonchev–Trinajstić information content (AvgIpc) is 3.13. The molecule has 0 unspecified atom stereocenters. The third-order valence-corrected chi connectivity index (χ3v) is 6.17. The molecule has 20 heavy (non-hydrogen) atoms. The summed E-state index contributed by atoms with van der Waals surface area (Å²) in [5, 5.41) is 3.20. The molecule has 1 N–H and O–H groups in total. The molecule has 0 aromatic carbocycles. The summed E-state index contributed by atoms with van der Waals surface area (Å²) in [5.41, 5.74) is 0. The summed E-state index contributed by atoms with van der Waals surface area (Å²) in [4.78, 5) is 0.236. The number of rotatable bonds is 8. The Balaban J connectivity index is 2.18. The van der Waals surface area contributed by atoms with Gasteiger partial charge >= 0.3 is 0 Å². The smallest absolute Gasteiger partial charge is 0.247 e. The lowest BCUT2D eigenvalue weighted by atomic mass is 10.4. The molecule has 114 valence electrons. The van der Waals surface area contributed by atoms with Gasteiger partial charge in [-0.25, -0.2) is 8.42 Å². The molecule has 1 heterocycles. The first-order valence-electron chi connectivity index (χ1n) is 7.01. The van der Waals surface area contributed by atoms with Crippen molar-refractivity contribution in [2.45, 2.75) is 50.6 Å². The van der Waals surface area contributed by atoms with Gasteiger partial charge in [-0.3, -0.25) is 0 Å². The molecule has 1 fully saturated rings. The molecule has 0 spiro atoms. The van der Waals surface area contributed by atoms with Crippen molar-refractivity contribution in [3.8, 4) is 0 Å². The van der Waals surface area contributed by atoms with Crippen LogP contribution in [0.1, 0.15) is 38.9 Å². The Morgan fingerprint density at radius 2 is 2.15 bits per heavy atom. The SMILES string of the molecule is CCCNCc1cc(S(=O)(=O)N(CC)C2CC2)c(Br)o1. The van der Waals surface area contributed by atoms with E-state index in [2.05, 4.69) is 28.2 Å². The van der Waals surface area contributed by atoms with Gasteiger partial charge in [-0.05, 0) is 41.7 Å². The highest BCUT2D eigenvalue weighted by Gasteiger charge is 2.38. The van der Waals surface area contributed by atoms with E-state index in [1.807, 2.05) is 6.92 Å². The summed E-state index contributed by atoms with van der Waals surface area (Å²) in [6, 6.07) is 1.78. The lowest BCUT2D eigenvalue weighted by molar-refractivity contribution is 0.417. The highest BCUT2D eigenvalue weighted by Crippen LogP contribution is 2.35. The van der Waals surface area contributed by atoms with Crippen molar-refractivity contribution < 1.29 is 12.8 Å². The zero-order valence-corrected chi connectivity index (χ0v) is 14.3. The molecule has 0 saturated heterocycles. The average molecular weight is 365 g/mol. The van der Waals surface area contributed by atoms with E-state index in [9.17, 15) is 8.42 Å². The fourth-order valence-corrected chi connectivity index (χ4v) is 4.82. The van der Waals surface area contributed by atoms with E-state index in [-0.39, 0.29) is 10.9 Å². The second-order valence-electron chi connectivity index (χ2n) is 4.97. The minimum Gasteiger partial charge on any atom is -0.452 e. The van der Waals surface area contributed by atoms with Crippen molar-refractivity contribution in [3.63, 3.8) is 0 Å². The molecule has 1 aliphatic carbocycles. The zero-order valence-electron chi connectivity index (χ0n) is 11.9. The first-order valence-corrected chi connectivity index (χ1v) is 9.24. The van der Waals surface area contributed by atoms with Gasteiger partial charge in [0.25, 0.3) is 0 Å². The molecule has 1 aromatic rings. The number of furan rings is 1. The van der Waals surface area contributed by atoms with E-state index < -0.39 is 10.0 Å². The fourth-order valence-electron chi connectivity index (χ4n) is 2.16. The Labute approximate surface area is 128 Å². The molecular formula is C13H21BrN2O3S. The quantitative estimate of drug-likeness (QED) is 0.720.